The van der Waals surface area contributed by atoms with E-state index in [1.807, 2.05) is 31.2 Å². The maximum Gasteiger partial charge on any atom is 0.414 e. The number of aromatic amines is 1. The minimum Gasteiger partial charge on any atom is -0.444 e. The minimum atomic E-state index is -0.419. The van der Waals surface area contributed by atoms with E-state index in [0.29, 0.717) is 17.8 Å². The van der Waals surface area contributed by atoms with E-state index in [-0.39, 0.29) is 11.9 Å². The first-order valence-electron chi connectivity index (χ1n) is 8.98. The number of carbonyl (C=O) groups is 1. The summed E-state index contributed by atoms with van der Waals surface area (Å²) in [4.78, 5) is 20.5. The van der Waals surface area contributed by atoms with Crippen molar-refractivity contribution in [3.63, 3.8) is 0 Å². The lowest BCUT2D eigenvalue weighted by Gasteiger charge is -2.14. The third kappa shape index (κ3) is 3.56. The molecule has 2 aromatic carbocycles. The number of H-pyrrole nitrogens is 1. The Bertz CT molecular complexity index is 939. The highest BCUT2D eigenvalue weighted by Gasteiger charge is 2.31. The van der Waals surface area contributed by atoms with Crippen LogP contribution >= 0.6 is 0 Å². The van der Waals surface area contributed by atoms with Crippen molar-refractivity contribution >= 4 is 11.8 Å². The predicted molar refractivity (Wildman–Crippen MR) is 101 cm³/mol. The van der Waals surface area contributed by atoms with Crippen molar-refractivity contribution in [2.75, 3.05) is 11.4 Å². The van der Waals surface area contributed by atoms with Crippen LogP contribution in [-0.4, -0.2) is 28.7 Å². The van der Waals surface area contributed by atoms with E-state index >= 15 is 0 Å². The molecule has 3 aromatic rings. The molecule has 0 bridgehead atoms. The molecule has 0 spiro atoms. The molecular weight excluding hydrogens is 345 g/mol. The maximum atomic E-state index is 14.7. The van der Waals surface area contributed by atoms with Gasteiger partial charge >= 0.3 is 6.09 Å². The van der Waals surface area contributed by atoms with Crippen LogP contribution in [0.5, 0.6) is 0 Å². The Kier molecular flexibility index (Phi) is 4.62. The number of hydrogen-bond donors (Lipinski definition) is 1. The van der Waals surface area contributed by atoms with Gasteiger partial charge in [-0.2, -0.15) is 0 Å². The summed E-state index contributed by atoms with van der Waals surface area (Å²) in [7, 11) is 0. The number of halogens is 1. The highest BCUT2D eigenvalue weighted by molar-refractivity contribution is 5.90. The second-order valence-electron chi connectivity index (χ2n) is 6.64. The number of rotatable bonds is 5. The third-order valence-electron chi connectivity index (χ3n) is 4.81. The van der Waals surface area contributed by atoms with Gasteiger partial charge in [-0.25, -0.2) is 14.2 Å². The monoisotopic (exact) mass is 365 g/mol. The molecule has 4 rings (SSSR count). The Morgan fingerprint density at radius 2 is 2.07 bits per heavy atom. The van der Waals surface area contributed by atoms with Crippen LogP contribution < -0.4 is 4.90 Å². The molecule has 1 fully saturated rings. The van der Waals surface area contributed by atoms with Gasteiger partial charge in [0.05, 0.1) is 18.6 Å². The first-order chi connectivity index (χ1) is 13.1. The molecule has 1 aliphatic heterocycles. The van der Waals surface area contributed by atoms with Gasteiger partial charge in [-0.15, -0.1) is 0 Å². The number of nitrogens with zero attached hydrogens (tertiary/aromatic N) is 2. The largest absolute Gasteiger partial charge is 0.444 e. The molecule has 27 heavy (non-hydrogen) atoms. The first-order valence-corrected chi connectivity index (χ1v) is 8.98. The molecule has 1 aromatic heterocycles. The summed E-state index contributed by atoms with van der Waals surface area (Å²) in [5.74, 6) is -0.360. The van der Waals surface area contributed by atoms with Crippen molar-refractivity contribution in [2.45, 2.75) is 25.9 Å². The Morgan fingerprint density at radius 1 is 1.26 bits per heavy atom. The Balaban J connectivity index is 1.53. The van der Waals surface area contributed by atoms with Crippen molar-refractivity contribution in [2.24, 2.45) is 0 Å². The molecule has 1 atom stereocenters. The third-order valence-corrected chi connectivity index (χ3v) is 4.81. The van der Waals surface area contributed by atoms with Crippen LogP contribution in [0.4, 0.5) is 14.9 Å². The smallest absolute Gasteiger partial charge is 0.414 e. The van der Waals surface area contributed by atoms with Gasteiger partial charge in [0.25, 0.3) is 0 Å². The zero-order valence-electron chi connectivity index (χ0n) is 15.0. The van der Waals surface area contributed by atoms with Crippen LogP contribution in [-0.2, 0) is 11.2 Å². The summed E-state index contributed by atoms with van der Waals surface area (Å²) in [5, 5.41) is 0. The predicted octanol–water partition coefficient (Wildman–Crippen LogP) is 4.54. The molecule has 0 saturated carbocycles. The van der Waals surface area contributed by atoms with E-state index in [1.165, 1.54) is 11.0 Å². The summed E-state index contributed by atoms with van der Waals surface area (Å²) in [5.41, 5.74) is 3.97. The van der Waals surface area contributed by atoms with Crippen molar-refractivity contribution in [1.82, 2.24) is 9.97 Å². The highest BCUT2D eigenvalue weighted by Crippen LogP contribution is 2.29. The molecule has 138 valence electrons. The SMILES string of the molecule is CC[C@H]1CN(c2ccc(-c3ccc(Cc4cnc[nH]4)cc3)c(F)c2)C(=O)O1. The number of imidazole rings is 1. The van der Waals surface area contributed by atoms with Crippen molar-refractivity contribution in [1.29, 1.82) is 0 Å². The van der Waals surface area contributed by atoms with Crippen molar-refractivity contribution in [3.8, 4) is 11.1 Å². The molecule has 5 nitrogen and oxygen atoms in total. The summed E-state index contributed by atoms with van der Waals surface area (Å²) in [6.45, 7) is 2.41. The number of aromatic nitrogens is 2. The Hall–Kier alpha value is -3.15. The van der Waals surface area contributed by atoms with Gasteiger partial charge in [-0.05, 0) is 35.7 Å². The number of ether oxygens (including phenoxy) is 1. The summed E-state index contributed by atoms with van der Waals surface area (Å²) in [6, 6.07) is 12.6. The summed E-state index contributed by atoms with van der Waals surface area (Å²) in [6.07, 6.45) is 4.38. The van der Waals surface area contributed by atoms with E-state index < -0.39 is 6.09 Å². The van der Waals surface area contributed by atoms with Gasteiger partial charge in [0.1, 0.15) is 11.9 Å². The lowest BCUT2D eigenvalue weighted by molar-refractivity contribution is 0.139. The first kappa shape index (κ1) is 17.3. The van der Waals surface area contributed by atoms with Gasteiger partial charge in [0.15, 0.2) is 0 Å². The number of benzene rings is 2. The maximum absolute atomic E-state index is 14.7. The lowest BCUT2D eigenvalue weighted by Crippen LogP contribution is -2.24. The van der Waals surface area contributed by atoms with Crippen molar-refractivity contribution in [3.05, 3.63) is 72.1 Å². The van der Waals surface area contributed by atoms with E-state index in [0.717, 1.165) is 29.7 Å². The number of carbonyl (C=O) groups excluding carboxylic acids is 1. The number of amides is 1. The quantitative estimate of drug-likeness (QED) is 0.722. The molecule has 2 heterocycles. The normalized spacial score (nSPS) is 16.6. The molecule has 1 amide bonds. The van der Waals surface area contributed by atoms with Gasteiger partial charge < -0.3 is 9.72 Å². The summed E-state index contributed by atoms with van der Waals surface area (Å²) >= 11 is 0. The van der Waals surface area contributed by atoms with Crippen molar-refractivity contribution < 1.29 is 13.9 Å². The molecule has 1 aliphatic rings. The van der Waals surface area contributed by atoms with Crippen LogP contribution in [0.1, 0.15) is 24.6 Å². The van der Waals surface area contributed by atoms with Crippen LogP contribution in [0.2, 0.25) is 0 Å². The standard InChI is InChI=1S/C21H20FN3O2/c1-2-18-12-25(21(26)27-18)17-7-8-19(20(22)10-17)15-5-3-14(4-6-15)9-16-11-23-13-24-16/h3-8,10-11,13,18H,2,9,12H2,1H3,(H,23,24)/t18-/m0/s1. The number of hydrogen-bond acceptors (Lipinski definition) is 3. The van der Waals surface area contributed by atoms with Gasteiger partial charge in [0.2, 0.25) is 0 Å². The average molecular weight is 365 g/mol. The van der Waals surface area contributed by atoms with E-state index in [4.69, 9.17) is 4.74 Å². The molecule has 6 heteroatoms. The zero-order valence-corrected chi connectivity index (χ0v) is 15.0. The van der Waals surface area contributed by atoms with Crippen LogP contribution in [0.25, 0.3) is 11.1 Å². The molecule has 0 radical (unpaired) electrons. The van der Waals surface area contributed by atoms with Crippen LogP contribution in [0.15, 0.2) is 55.0 Å². The van der Waals surface area contributed by atoms with Crippen LogP contribution in [0, 0.1) is 5.82 Å². The number of cyclic esters (lactones) is 1. The highest BCUT2D eigenvalue weighted by atomic mass is 19.1. The molecule has 1 saturated heterocycles. The fourth-order valence-corrected chi connectivity index (χ4v) is 3.25. The fraction of sp³-hybridized carbons (Fsp3) is 0.238. The van der Waals surface area contributed by atoms with Gasteiger partial charge in [-0.1, -0.05) is 31.2 Å². The number of nitrogens with one attached hydrogen (secondary N) is 1. The van der Waals surface area contributed by atoms with Gasteiger partial charge in [-0.3, -0.25) is 4.90 Å². The molecular formula is C21H20FN3O2. The second-order valence-corrected chi connectivity index (χ2v) is 6.64. The minimum absolute atomic E-state index is 0.136. The summed E-state index contributed by atoms with van der Waals surface area (Å²) < 4.78 is 20.0. The second kappa shape index (κ2) is 7.23. The molecule has 0 aliphatic carbocycles. The Labute approximate surface area is 156 Å². The molecule has 0 unspecified atom stereocenters. The van der Waals surface area contributed by atoms with E-state index in [9.17, 15) is 9.18 Å². The van der Waals surface area contributed by atoms with Crippen LogP contribution in [0.3, 0.4) is 0 Å². The Morgan fingerprint density at radius 3 is 2.70 bits per heavy atom. The van der Waals surface area contributed by atoms with E-state index in [1.54, 1.807) is 24.7 Å². The average Bonchev–Trinajstić information content (AvgIpc) is 3.32. The van der Waals surface area contributed by atoms with E-state index in [2.05, 4.69) is 9.97 Å². The lowest BCUT2D eigenvalue weighted by atomic mass is 10.0. The zero-order chi connectivity index (χ0) is 18.8. The van der Waals surface area contributed by atoms with Gasteiger partial charge in [0, 0.05) is 23.9 Å². The fourth-order valence-electron chi connectivity index (χ4n) is 3.25. The number of anilines is 1. The molecule has 1 N–H and O–H groups in total. The topological polar surface area (TPSA) is 58.2 Å².